The van der Waals surface area contributed by atoms with Crippen molar-refractivity contribution >= 4 is 40.6 Å². The number of carbonyl (C=O) groups is 2. The summed E-state index contributed by atoms with van der Waals surface area (Å²) in [5.74, 6) is -0.449. The van der Waals surface area contributed by atoms with Crippen LogP contribution in [0, 0.1) is 12.5 Å². The highest BCUT2D eigenvalue weighted by atomic mass is 35.5. The fourth-order valence-corrected chi connectivity index (χ4v) is 4.66. The molecule has 0 aliphatic heterocycles. The molecule has 0 heterocycles. The molecule has 0 fully saturated rings. The largest absolute Gasteiger partial charge is 0.481 e. The van der Waals surface area contributed by atoms with Crippen LogP contribution in [0.3, 0.4) is 0 Å². The molecule has 3 rings (SSSR count). The van der Waals surface area contributed by atoms with Gasteiger partial charge in [0.15, 0.2) is 5.69 Å². The lowest BCUT2D eigenvalue weighted by Crippen LogP contribution is -2.07. The normalized spacial score (nSPS) is 10.8. The van der Waals surface area contributed by atoms with Gasteiger partial charge in [-0.25, -0.2) is 4.85 Å². The number of halogens is 2. The Bertz CT molecular complexity index is 1230. The lowest BCUT2D eigenvalue weighted by molar-refractivity contribution is -0.136. The summed E-state index contributed by atoms with van der Waals surface area (Å²) in [6.07, 6.45) is 1.19. The number of Topliss-reactive ketones (excluding diaryl/α,β-unsaturated/α-hetero) is 1. The monoisotopic (exact) mass is 493 g/mol. The third kappa shape index (κ3) is 6.70. The molecule has 0 aromatic heterocycles. The minimum absolute atomic E-state index is 0.000742. The number of benzene rings is 3. The van der Waals surface area contributed by atoms with E-state index in [1.54, 1.807) is 36.4 Å². The van der Waals surface area contributed by atoms with Crippen LogP contribution in [0.25, 0.3) is 16.0 Å². The van der Waals surface area contributed by atoms with Crippen molar-refractivity contribution in [1.82, 2.24) is 0 Å². The highest BCUT2D eigenvalue weighted by molar-refractivity contribution is 6.39. The van der Waals surface area contributed by atoms with Crippen molar-refractivity contribution in [1.29, 1.82) is 0 Å². The van der Waals surface area contributed by atoms with Crippen LogP contribution in [-0.4, -0.2) is 16.9 Å². The Morgan fingerprint density at radius 3 is 1.97 bits per heavy atom. The quantitative estimate of drug-likeness (QED) is 0.316. The lowest BCUT2D eigenvalue weighted by Gasteiger charge is -2.13. The molecule has 0 saturated heterocycles. The molecule has 0 aliphatic carbocycles. The first-order chi connectivity index (χ1) is 16.2. The van der Waals surface area contributed by atoms with E-state index in [4.69, 9.17) is 34.9 Å². The van der Waals surface area contributed by atoms with Gasteiger partial charge in [0.1, 0.15) is 5.78 Å². The van der Waals surface area contributed by atoms with E-state index in [1.165, 1.54) is 0 Å². The topological polar surface area (TPSA) is 58.7 Å². The first-order valence-electron chi connectivity index (χ1n) is 11.0. The van der Waals surface area contributed by atoms with Gasteiger partial charge in [-0.05, 0) is 58.4 Å². The molecule has 3 aromatic rings. The predicted molar refractivity (Wildman–Crippen MR) is 137 cm³/mol. The smallest absolute Gasteiger partial charge is 0.307 e. The second-order valence-corrected chi connectivity index (χ2v) is 9.58. The van der Waals surface area contributed by atoms with Crippen molar-refractivity contribution in [3.8, 4) is 11.1 Å². The first-order valence-corrected chi connectivity index (χ1v) is 11.7. The Balaban J connectivity index is 1.76. The number of aliphatic carboxylic acids is 1. The maximum absolute atomic E-state index is 12.6. The van der Waals surface area contributed by atoms with Gasteiger partial charge in [-0.15, -0.1) is 0 Å². The molecule has 0 unspecified atom stereocenters. The fourth-order valence-electron chi connectivity index (χ4n) is 3.91. The van der Waals surface area contributed by atoms with Crippen LogP contribution in [-0.2, 0) is 35.3 Å². The van der Waals surface area contributed by atoms with Gasteiger partial charge in [0.2, 0.25) is 0 Å². The zero-order valence-electron chi connectivity index (χ0n) is 19.1. The summed E-state index contributed by atoms with van der Waals surface area (Å²) < 4.78 is 0. The molecule has 34 heavy (non-hydrogen) atoms. The molecule has 0 radical (unpaired) electrons. The molecule has 0 atom stereocenters. The molecule has 1 N–H and O–H groups in total. The van der Waals surface area contributed by atoms with E-state index in [0.717, 1.165) is 23.1 Å². The standard InChI is InChI=1S/C28H25Cl2NO3/c1-17(2)10-21-8-9-22(16-26(21)31-3)28-24(29)13-20(14-25(28)30)12-23(32)11-18-4-6-19(7-5-18)15-27(33)34/h4-9,13-14,16-17H,10-12,15H2,1-2H3,(H,33,34). The van der Waals surface area contributed by atoms with Gasteiger partial charge in [-0.1, -0.05) is 73.4 Å². The first kappa shape index (κ1) is 25.5. The Kier molecular flexibility index (Phi) is 8.50. The van der Waals surface area contributed by atoms with E-state index < -0.39 is 5.97 Å². The summed E-state index contributed by atoms with van der Waals surface area (Å²) >= 11 is 13.1. The Morgan fingerprint density at radius 2 is 1.44 bits per heavy atom. The highest BCUT2D eigenvalue weighted by Crippen LogP contribution is 2.38. The average molecular weight is 494 g/mol. The molecule has 0 spiro atoms. The summed E-state index contributed by atoms with van der Waals surface area (Å²) in [4.78, 5) is 27.1. The number of carboxylic acid groups (broad SMARTS) is 1. The zero-order valence-corrected chi connectivity index (χ0v) is 20.6. The number of rotatable bonds is 9. The second kappa shape index (κ2) is 11.3. The van der Waals surface area contributed by atoms with Crippen molar-refractivity contribution < 1.29 is 14.7 Å². The predicted octanol–water partition coefficient (Wildman–Crippen LogP) is 7.39. The van der Waals surface area contributed by atoms with Gasteiger partial charge in [0.05, 0.1) is 23.0 Å². The van der Waals surface area contributed by atoms with Gasteiger partial charge >= 0.3 is 5.97 Å². The molecule has 0 bridgehead atoms. The summed E-state index contributed by atoms with van der Waals surface area (Å²) in [5.41, 5.74) is 5.24. The third-order valence-corrected chi connectivity index (χ3v) is 6.00. The van der Waals surface area contributed by atoms with Crippen molar-refractivity contribution in [2.75, 3.05) is 0 Å². The van der Waals surface area contributed by atoms with Gasteiger partial charge in [0, 0.05) is 18.4 Å². The minimum Gasteiger partial charge on any atom is -0.481 e. The van der Waals surface area contributed by atoms with Gasteiger partial charge < -0.3 is 5.11 Å². The van der Waals surface area contributed by atoms with Crippen LogP contribution < -0.4 is 0 Å². The average Bonchev–Trinajstić information content (AvgIpc) is 2.74. The van der Waals surface area contributed by atoms with E-state index in [-0.39, 0.29) is 25.0 Å². The summed E-state index contributed by atoms with van der Waals surface area (Å²) in [6.45, 7) is 11.8. The van der Waals surface area contributed by atoms with Crippen molar-refractivity contribution in [3.63, 3.8) is 0 Å². The number of hydrogen-bond donors (Lipinski definition) is 1. The van der Waals surface area contributed by atoms with E-state index in [9.17, 15) is 9.59 Å². The maximum Gasteiger partial charge on any atom is 0.307 e. The third-order valence-electron chi connectivity index (χ3n) is 5.41. The second-order valence-electron chi connectivity index (χ2n) is 8.77. The summed E-state index contributed by atoms with van der Waals surface area (Å²) in [5, 5.41) is 9.73. The van der Waals surface area contributed by atoms with E-state index in [0.29, 0.717) is 38.3 Å². The van der Waals surface area contributed by atoms with Crippen molar-refractivity contribution in [2.24, 2.45) is 5.92 Å². The molecular formula is C28H25Cl2NO3. The van der Waals surface area contributed by atoms with Crippen molar-refractivity contribution in [2.45, 2.75) is 39.5 Å². The van der Waals surface area contributed by atoms with Crippen LogP contribution >= 0.6 is 23.2 Å². The number of carboxylic acids is 1. The van der Waals surface area contributed by atoms with Gasteiger partial charge in [0.25, 0.3) is 0 Å². The Labute approximate surface area is 210 Å². The van der Waals surface area contributed by atoms with E-state index in [2.05, 4.69) is 18.7 Å². The van der Waals surface area contributed by atoms with E-state index >= 15 is 0 Å². The van der Waals surface area contributed by atoms with Gasteiger partial charge in [-0.3, -0.25) is 9.59 Å². The molecule has 174 valence electrons. The molecule has 6 heteroatoms. The minimum atomic E-state index is -0.891. The van der Waals surface area contributed by atoms with Crippen LogP contribution in [0.5, 0.6) is 0 Å². The summed E-state index contributed by atoms with van der Waals surface area (Å²) in [7, 11) is 0. The zero-order chi connectivity index (χ0) is 24.8. The molecule has 3 aromatic carbocycles. The molecule has 0 aliphatic rings. The highest BCUT2D eigenvalue weighted by Gasteiger charge is 2.15. The van der Waals surface area contributed by atoms with Crippen molar-refractivity contribution in [3.05, 3.63) is 98.3 Å². The molecule has 0 amide bonds. The number of carbonyl (C=O) groups excluding carboxylic acids is 1. The fraction of sp³-hybridized carbons (Fsp3) is 0.250. The van der Waals surface area contributed by atoms with Gasteiger partial charge in [-0.2, -0.15) is 0 Å². The SMILES string of the molecule is [C-]#[N+]c1cc(-c2c(Cl)cc(CC(=O)Cc3ccc(CC(=O)O)cc3)cc2Cl)ccc1CC(C)C. The Hall–Kier alpha value is -3.13. The molecule has 4 nitrogen and oxygen atoms in total. The number of nitrogens with zero attached hydrogens (tertiary/aromatic N) is 1. The molecule has 0 saturated carbocycles. The van der Waals surface area contributed by atoms with Crippen LogP contribution in [0.15, 0.2) is 54.6 Å². The summed E-state index contributed by atoms with van der Waals surface area (Å²) in [6, 6.07) is 16.2. The Morgan fingerprint density at radius 1 is 0.882 bits per heavy atom. The van der Waals surface area contributed by atoms with E-state index in [1.807, 2.05) is 18.2 Å². The number of hydrogen-bond acceptors (Lipinski definition) is 2. The van der Waals surface area contributed by atoms with Crippen LogP contribution in [0.1, 0.15) is 36.1 Å². The lowest BCUT2D eigenvalue weighted by atomic mass is 9.95. The van der Waals surface area contributed by atoms with Crippen LogP contribution in [0.4, 0.5) is 5.69 Å². The number of ketones is 1. The molecular weight excluding hydrogens is 469 g/mol. The maximum atomic E-state index is 12.6. The van der Waals surface area contributed by atoms with Crippen LogP contribution in [0.2, 0.25) is 10.0 Å².